The van der Waals surface area contributed by atoms with Crippen molar-refractivity contribution in [3.8, 4) is 5.75 Å². The van der Waals surface area contributed by atoms with Crippen molar-refractivity contribution in [3.63, 3.8) is 0 Å². The second-order valence-corrected chi connectivity index (χ2v) is 5.88. The van der Waals surface area contributed by atoms with E-state index in [1.807, 2.05) is 13.8 Å². The molecule has 0 spiro atoms. The molecule has 2 rings (SSSR count). The molecule has 25 heavy (non-hydrogen) atoms. The highest BCUT2D eigenvalue weighted by atomic mass is 19.1. The van der Waals surface area contributed by atoms with E-state index in [1.165, 1.54) is 24.3 Å². The van der Waals surface area contributed by atoms with Crippen molar-refractivity contribution >= 4 is 17.5 Å². The Morgan fingerprint density at radius 1 is 1.00 bits per heavy atom. The van der Waals surface area contributed by atoms with Crippen molar-refractivity contribution in [2.45, 2.75) is 32.9 Å². The zero-order valence-corrected chi connectivity index (χ0v) is 14.4. The van der Waals surface area contributed by atoms with Gasteiger partial charge < -0.3 is 15.4 Å². The molecule has 2 aromatic carbocycles. The molecule has 5 nitrogen and oxygen atoms in total. The summed E-state index contributed by atoms with van der Waals surface area (Å²) in [5, 5.41) is 5.49. The first-order valence-corrected chi connectivity index (χ1v) is 8.00. The zero-order chi connectivity index (χ0) is 18.4. The summed E-state index contributed by atoms with van der Waals surface area (Å²) in [4.78, 5) is 24.6. The fraction of sp³-hybridized carbons (Fsp3) is 0.263. The fourth-order valence-corrected chi connectivity index (χ4v) is 2.14. The quantitative estimate of drug-likeness (QED) is 0.844. The maximum absolute atomic E-state index is 12.9. The largest absolute Gasteiger partial charge is 0.481 e. The van der Waals surface area contributed by atoms with Gasteiger partial charge in [0.2, 0.25) is 0 Å². The summed E-state index contributed by atoms with van der Waals surface area (Å²) in [5.74, 6) is -0.670. The molecular formula is C19H21FN2O3. The second kappa shape index (κ2) is 8.28. The first kappa shape index (κ1) is 18.4. The van der Waals surface area contributed by atoms with Crippen LogP contribution in [0, 0.1) is 5.82 Å². The van der Waals surface area contributed by atoms with E-state index in [2.05, 4.69) is 10.6 Å². The summed E-state index contributed by atoms with van der Waals surface area (Å²) >= 11 is 0. The Bertz CT molecular complexity index is 745. The minimum atomic E-state index is -0.813. The maximum atomic E-state index is 12.9. The van der Waals surface area contributed by atoms with Crippen LogP contribution in [0.3, 0.4) is 0 Å². The van der Waals surface area contributed by atoms with E-state index in [-0.39, 0.29) is 17.8 Å². The lowest BCUT2D eigenvalue weighted by Crippen LogP contribution is -2.33. The van der Waals surface area contributed by atoms with Crippen molar-refractivity contribution in [1.29, 1.82) is 0 Å². The molecule has 0 radical (unpaired) electrons. The molecule has 1 unspecified atom stereocenters. The lowest BCUT2D eigenvalue weighted by atomic mass is 10.1. The van der Waals surface area contributed by atoms with Crippen LogP contribution in [0.2, 0.25) is 0 Å². The predicted octanol–water partition coefficient (Wildman–Crippen LogP) is 3.37. The lowest BCUT2D eigenvalue weighted by molar-refractivity contribution is -0.122. The van der Waals surface area contributed by atoms with Gasteiger partial charge in [-0.2, -0.15) is 0 Å². The molecule has 0 heterocycles. The third kappa shape index (κ3) is 5.31. The van der Waals surface area contributed by atoms with Crippen LogP contribution in [-0.4, -0.2) is 24.0 Å². The SMILES string of the molecule is CC(C)NC(=O)c1ccccc1NC(=O)C(C)Oc1ccc(F)cc1. The first-order valence-electron chi connectivity index (χ1n) is 8.00. The van der Waals surface area contributed by atoms with Crippen molar-refractivity contribution in [3.05, 3.63) is 59.9 Å². The van der Waals surface area contributed by atoms with Crippen LogP contribution in [0.1, 0.15) is 31.1 Å². The standard InChI is InChI=1S/C19H21FN2O3/c1-12(2)21-19(24)16-6-4-5-7-17(16)22-18(23)13(3)25-15-10-8-14(20)9-11-15/h4-13H,1-3H3,(H,21,24)(H,22,23). The van der Waals surface area contributed by atoms with Gasteiger partial charge in [0, 0.05) is 6.04 Å². The van der Waals surface area contributed by atoms with Gasteiger partial charge in [0.1, 0.15) is 11.6 Å². The highest BCUT2D eigenvalue weighted by Gasteiger charge is 2.18. The molecule has 0 saturated heterocycles. The number of rotatable bonds is 6. The average molecular weight is 344 g/mol. The van der Waals surface area contributed by atoms with Gasteiger partial charge in [0.25, 0.3) is 11.8 Å². The van der Waals surface area contributed by atoms with Crippen molar-refractivity contribution in [2.24, 2.45) is 0 Å². The highest BCUT2D eigenvalue weighted by Crippen LogP contribution is 2.17. The third-order valence-electron chi connectivity index (χ3n) is 3.35. The number of hydrogen-bond donors (Lipinski definition) is 2. The van der Waals surface area contributed by atoms with E-state index in [4.69, 9.17) is 4.74 Å². The molecule has 6 heteroatoms. The van der Waals surface area contributed by atoms with Gasteiger partial charge in [-0.1, -0.05) is 12.1 Å². The number of nitrogens with one attached hydrogen (secondary N) is 2. The van der Waals surface area contributed by atoms with Crippen molar-refractivity contribution in [2.75, 3.05) is 5.32 Å². The van der Waals surface area contributed by atoms with Crippen molar-refractivity contribution < 1.29 is 18.7 Å². The Labute approximate surface area is 146 Å². The smallest absolute Gasteiger partial charge is 0.265 e. The van der Waals surface area contributed by atoms with E-state index in [0.29, 0.717) is 17.0 Å². The number of ether oxygens (including phenoxy) is 1. The van der Waals surface area contributed by atoms with Crippen LogP contribution in [0.25, 0.3) is 0 Å². The molecule has 0 aliphatic carbocycles. The number of anilines is 1. The number of hydrogen-bond acceptors (Lipinski definition) is 3. The molecule has 0 aromatic heterocycles. The highest BCUT2D eigenvalue weighted by molar-refractivity contribution is 6.04. The fourth-order valence-electron chi connectivity index (χ4n) is 2.14. The summed E-state index contributed by atoms with van der Waals surface area (Å²) in [6.07, 6.45) is -0.813. The van der Waals surface area contributed by atoms with Gasteiger partial charge in [0.05, 0.1) is 11.3 Å². The van der Waals surface area contributed by atoms with Crippen molar-refractivity contribution in [1.82, 2.24) is 5.32 Å². The Balaban J connectivity index is 2.07. The predicted molar refractivity (Wildman–Crippen MR) is 94.2 cm³/mol. The Morgan fingerprint density at radius 3 is 2.28 bits per heavy atom. The second-order valence-electron chi connectivity index (χ2n) is 5.88. The molecule has 0 saturated carbocycles. The zero-order valence-electron chi connectivity index (χ0n) is 14.4. The van der Waals surface area contributed by atoms with Crippen LogP contribution in [-0.2, 0) is 4.79 Å². The lowest BCUT2D eigenvalue weighted by Gasteiger charge is -2.17. The molecular weight excluding hydrogens is 323 g/mol. The number of benzene rings is 2. The summed E-state index contributed by atoms with van der Waals surface area (Å²) < 4.78 is 18.4. The molecule has 0 aliphatic heterocycles. The van der Waals surface area contributed by atoms with Crippen LogP contribution in [0.15, 0.2) is 48.5 Å². The molecule has 2 amide bonds. The van der Waals surface area contributed by atoms with Crippen LogP contribution < -0.4 is 15.4 Å². The van der Waals surface area contributed by atoms with Crippen LogP contribution in [0.5, 0.6) is 5.75 Å². The van der Waals surface area contributed by atoms with Gasteiger partial charge in [-0.15, -0.1) is 0 Å². The first-order chi connectivity index (χ1) is 11.9. The summed E-state index contributed by atoms with van der Waals surface area (Å²) in [5.41, 5.74) is 0.777. The molecule has 1 atom stereocenters. The molecule has 132 valence electrons. The third-order valence-corrected chi connectivity index (χ3v) is 3.35. The van der Waals surface area contributed by atoms with Crippen LogP contribution in [0.4, 0.5) is 10.1 Å². The Kier molecular flexibility index (Phi) is 6.11. The monoisotopic (exact) mass is 344 g/mol. The molecule has 0 bridgehead atoms. The van der Waals surface area contributed by atoms with E-state index < -0.39 is 12.0 Å². The van der Waals surface area contributed by atoms with Gasteiger partial charge in [-0.25, -0.2) is 4.39 Å². The summed E-state index contributed by atoms with van der Waals surface area (Å²) in [7, 11) is 0. The average Bonchev–Trinajstić information content (AvgIpc) is 2.56. The Morgan fingerprint density at radius 2 is 1.64 bits per heavy atom. The normalized spacial score (nSPS) is 11.7. The summed E-state index contributed by atoms with van der Waals surface area (Å²) in [6, 6.07) is 12.1. The number of carbonyl (C=O) groups is 2. The van der Waals surface area contributed by atoms with E-state index in [1.54, 1.807) is 31.2 Å². The number of halogens is 1. The summed E-state index contributed by atoms with van der Waals surface area (Å²) in [6.45, 7) is 5.30. The van der Waals surface area contributed by atoms with E-state index in [0.717, 1.165) is 0 Å². The van der Waals surface area contributed by atoms with Gasteiger partial charge in [0.15, 0.2) is 6.10 Å². The maximum Gasteiger partial charge on any atom is 0.265 e. The van der Waals surface area contributed by atoms with Gasteiger partial charge >= 0.3 is 0 Å². The number of carbonyl (C=O) groups excluding carboxylic acids is 2. The minimum Gasteiger partial charge on any atom is -0.481 e. The molecule has 2 aromatic rings. The Hall–Kier alpha value is -2.89. The van der Waals surface area contributed by atoms with E-state index in [9.17, 15) is 14.0 Å². The van der Waals surface area contributed by atoms with Gasteiger partial charge in [-0.05, 0) is 57.2 Å². The number of para-hydroxylation sites is 1. The molecule has 0 fully saturated rings. The topological polar surface area (TPSA) is 67.4 Å². The molecule has 0 aliphatic rings. The number of amides is 2. The van der Waals surface area contributed by atoms with Gasteiger partial charge in [-0.3, -0.25) is 9.59 Å². The minimum absolute atomic E-state index is 0.0167. The molecule has 2 N–H and O–H groups in total. The van der Waals surface area contributed by atoms with Crippen LogP contribution >= 0.6 is 0 Å². The van der Waals surface area contributed by atoms with E-state index >= 15 is 0 Å².